The Morgan fingerprint density at radius 1 is 0.898 bits per heavy atom. The summed E-state index contributed by atoms with van der Waals surface area (Å²) in [5.41, 5.74) is -1.63. The van der Waals surface area contributed by atoms with E-state index in [0.717, 1.165) is 25.3 Å². The Morgan fingerprint density at radius 3 is 2.19 bits per heavy atom. The lowest BCUT2D eigenvalue weighted by atomic mass is 9.72. The quantitative estimate of drug-likeness (QED) is 0.0837. The first kappa shape index (κ1) is 48.8. The van der Waals surface area contributed by atoms with Crippen LogP contribution in [0.15, 0.2) is 12.2 Å². The van der Waals surface area contributed by atoms with Crippen molar-refractivity contribution in [2.45, 2.75) is 225 Å². The van der Waals surface area contributed by atoms with Crippen LogP contribution in [-0.4, -0.2) is 107 Å². The van der Waals surface area contributed by atoms with E-state index in [1.54, 1.807) is 6.08 Å². The van der Waals surface area contributed by atoms with E-state index < -0.39 is 61.0 Å². The average Bonchev–Trinajstić information content (AvgIpc) is 3.53. The van der Waals surface area contributed by atoms with Crippen LogP contribution in [0.25, 0.3) is 0 Å². The molecule has 11 nitrogen and oxygen atoms in total. The number of ketones is 1. The van der Waals surface area contributed by atoms with Gasteiger partial charge in [0.2, 0.25) is 5.79 Å². The van der Waals surface area contributed by atoms with Crippen LogP contribution < -0.4 is 0 Å². The number of hydrogen-bond acceptors (Lipinski definition) is 11. The molecule has 3 N–H and O–H groups in total. The molecule has 59 heavy (non-hydrogen) atoms. The maximum Gasteiger partial charge on any atom is 0.311 e. The Hall–Kier alpha value is -1.22. The number of esters is 1. The molecule has 0 amide bonds. The Morgan fingerprint density at radius 2 is 1.58 bits per heavy atom. The number of aliphatic hydroxyl groups excluding tert-OH is 2. The van der Waals surface area contributed by atoms with E-state index in [4.69, 9.17) is 28.4 Å². The second-order valence-corrected chi connectivity index (χ2v) is 26.7. The van der Waals surface area contributed by atoms with Gasteiger partial charge in [-0.2, -0.15) is 0 Å². The Kier molecular flexibility index (Phi) is 15.6. The molecule has 0 bridgehead atoms. The topological polar surface area (TPSA) is 150 Å². The van der Waals surface area contributed by atoms with Gasteiger partial charge in [0, 0.05) is 38.2 Å². The molecule has 0 aromatic heterocycles. The Balaban J connectivity index is 1.27. The number of hydrogen-bond donors (Lipinski definition) is 3. The van der Waals surface area contributed by atoms with Crippen LogP contribution in [-0.2, 0) is 38.0 Å². The van der Waals surface area contributed by atoms with Crippen molar-refractivity contribution in [1.82, 2.24) is 0 Å². The average molecular weight is 851 g/mol. The highest BCUT2D eigenvalue weighted by Crippen LogP contribution is 2.54. The van der Waals surface area contributed by atoms with E-state index >= 15 is 0 Å². The standard InChI is InChI=1S/C47H82O11Si/c1-14-34(43(51)53-25-26-59(11,12)13)36-18-17-28(4)41(55-36)32(8)39(49)31(7)40(50)35(15-2)42-29(5)27-30(6)46(56-42)22-19-37(48)47(58-46)24-23-44(10,57-47)38-20-21-45(52,16-3)33(9)54-38/h19,22,28-39,41-42,48-49,52H,14-18,20-21,23-27H2,1-13H3/t28-,29-,30+,31-,32-,33-,34+,35-,36+,37+,38+,39+,41+,42-,44-,45+,46-,47-/m0/s1. The zero-order valence-electron chi connectivity index (χ0n) is 38.8. The van der Waals surface area contributed by atoms with Crippen molar-refractivity contribution in [2.24, 2.45) is 41.4 Å². The molecule has 340 valence electrons. The number of aliphatic hydroxyl groups is 3. The van der Waals surface area contributed by atoms with Gasteiger partial charge in [-0.3, -0.25) is 9.59 Å². The van der Waals surface area contributed by atoms with Gasteiger partial charge in [0.25, 0.3) is 0 Å². The normalized spacial score (nSPS) is 42.9. The van der Waals surface area contributed by atoms with Gasteiger partial charge in [0.1, 0.15) is 11.9 Å². The molecule has 5 aliphatic rings. The molecule has 4 saturated heterocycles. The zero-order valence-corrected chi connectivity index (χ0v) is 39.8. The van der Waals surface area contributed by atoms with E-state index in [1.165, 1.54) is 0 Å². The molecular weight excluding hydrogens is 769 g/mol. The highest BCUT2D eigenvalue weighted by atomic mass is 28.3. The third-order valence-corrected chi connectivity index (χ3v) is 17.2. The predicted octanol–water partition coefficient (Wildman–Crippen LogP) is 7.98. The minimum absolute atomic E-state index is 0.0224. The van der Waals surface area contributed by atoms with Gasteiger partial charge in [0.15, 0.2) is 5.79 Å². The second-order valence-electron chi connectivity index (χ2n) is 21.1. The van der Waals surface area contributed by atoms with Crippen molar-refractivity contribution in [2.75, 3.05) is 6.61 Å². The van der Waals surface area contributed by atoms with Crippen molar-refractivity contribution in [3.05, 3.63) is 12.2 Å². The van der Waals surface area contributed by atoms with Gasteiger partial charge in [-0.15, -0.1) is 0 Å². The number of carbonyl (C=O) groups is 2. The third kappa shape index (κ3) is 10.1. The van der Waals surface area contributed by atoms with Gasteiger partial charge in [-0.05, 0) is 102 Å². The molecule has 18 atom stereocenters. The van der Waals surface area contributed by atoms with Crippen molar-refractivity contribution in [3.8, 4) is 0 Å². The molecule has 0 aliphatic carbocycles. The highest BCUT2D eigenvalue weighted by Gasteiger charge is 2.63. The van der Waals surface area contributed by atoms with Crippen molar-refractivity contribution in [1.29, 1.82) is 0 Å². The monoisotopic (exact) mass is 851 g/mol. The first-order chi connectivity index (χ1) is 27.5. The SMILES string of the molecule is CC[C@@H](C(=O)[C@@H](C)[C@@H](O)[C@H](C)[C@@H]1O[C@@H]([C@@H](CC)C(=O)OCC[Si](C)(C)C)CC[C@@H]1C)[C@H]1O[C@]2(C=C[C@@H](O)[C@]3(CC[C@@](C)([C@H]4CC[C@](O)(CC)[C@H](C)O4)O3)O2)[C@H](C)C[C@@H]1C. The fourth-order valence-electron chi connectivity index (χ4n) is 11.0. The summed E-state index contributed by atoms with van der Waals surface area (Å²) in [4.78, 5) is 27.9. The summed E-state index contributed by atoms with van der Waals surface area (Å²) in [7, 11) is -1.35. The van der Waals surface area contributed by atoms with Gasteiger partial charge in [0.05, 0.1) is 60.4 Å². The number of rotatable bonds is 15. The van der Waals surface area contributed by atoms with Crippen LogP contribution in [0.5, 0.6) is 0 Å². The van der Waals surface area contributed by atoms with E-state index in [-0.39, 0.29) is 65.8 Å². The first-order valence-electron chi connectivity index (χ1n) is 23.4. The summed E-state index contributed by atoms with van der Waals surface area (Å²) in [6.07, 6.45) is 6.13. The molecule has 5 rings (SSSR count). The van der Waals surface area contributed by atoms with Crippen LogP contribution in [0, 0.1) is 41.4 Å². The lowest BCUT2D eigenvalue weighted by Crippen LogP contribution is -2.63. The smallest absolute Gasteiger partial charge is 0.311 e. The van der Waals surface area contributed by atoms with E-state index in [1.807, 2.05) is 54.5 Å². The molecule has 4 fully saturated rings. The highest BCUT2D eigenvalue weighted by molar-refractivity contribution is 6.76. The van der Waals surface area contributed by atoms with Crippen molar-refractivity contribution >= 4 is 19.8 Å². The van der Waals surface area contributed by atoms with E-state index in [0.29, 0.717) is 51.6 Å². The molecule has 0 aromatic rings. The molecule has 5 heterocycles. The summed E-state index contributed by atoms with van der Waals surface area (Å²) >= 11 is 0. The first-order valence-corrected chi connectivity index (χ1v) is 27.1. The molecule has 0 unspecified atom stereocenters. The number of ether oxygens (including phenoxy) is 6. The predicted molar refractivity (Wildman–Crippen MR) is 230 cm³/mol. The van der Waals surface area contributed by atoms with Crippen molar-refractivity contribution in [3.63, 3.8) is 0 Å². The molecule has 12 heteroatoms. The second kappa shape index (κ2) is 18.9. The van der Waals surface area contributed by atoms with Gasteiger partial charge >= 0.3 is 5.97 Å². The van der Waals surface area contributed by atoms with Crippen LogP contribution in [0.4, 0.5) is 0 Å². The lowest BCUT2D eigenvalue weighted by Gasteiger charge is -2.54. The van der Waals surface area contributed by atoms with Crippen LogP contribution in [0.3, 0.4) is 0 Å². The number of carbonyl (C=O) groups excluding carboxylic acids is 2. The fraction of sp³-hybridized carbons (Fsp3) is 0.915. The largest absolute Gasteiger partial charge is 0.466 e. The summed E-state index contributed by atoms with van der Waals surface area (Å²) in [6.45, 7) is 27.2. The van der Waals surface area contributed by atoms with Crippen LogP contribution in [0.1, 0.15) is 133 Å². The zero-order chi connectivity index (χ0) is 43.9. The molecule has 0 aromatic carbocycles. The van der Waals surface area contributed by atoms with E-state index in [2.05, 4.69) is 40.4 Å². The minimum atomic E-state index is -1.37. The molecule has 2 spiro atoms. The van der Waals surface area contributed by atoms with Gasteiger partial charge < -0.3 is 43.7 Å². The van der Waals surface area contributed by atoms with Crippen LogP contribution >= 0.6 is 0 Å². The van der Waals surface area contributed by atoms with Crippen molar-refractivity contribution < 1.29 is 53.3 Å². The Labute approximate surface area is 357 Å². The summed E-state index contributed by atoms with van der Waals surface area (Å²) in [6, 6.07) is 0.919. The van der Waals surface area contributed by atoms with Crippen LogP contribution in [0.2, 0.25) is 25.7 Å². The molecule has 5 aliphatic heterocycles. The fourth-order valence-corrected chi connectivity index (χ4v) is 11.8. The third-order valence-electron chi connectivity index (χ3n) is 15.5. The lowest BCUT2D eigenvalue weighted by molar-refractivity contribution is -0.409. The Bertz CT molecular complexity index is 1470. The number of Topliss-reactive ketones (excluding diaryl/α,β-unsaturated/α-hetero) is 1. The van der Waals surface area contributed by atoms with E-state index in [9.17, 15) is 24.9 Å². The molecule has 0 radical (unpaired) electrons. The van der Waals surface area contributed by atoms with Gasteiger partial charge in [-0.25, -0.2) is 0 Å². The molecular formula is C47H82O11Si. The van der Waals surface area contributed by atoms with Gasteiger partial charge in [-0.1, -0.05) is 75.0 Å². The molecule has 0 saturated carbocycles. The summed E-state index contributed by atoms with van der Waals surface area (Å²) in [5.74, 6) is -4.72. The summed E-state index contributed by atoms with van der Waals surface area (Å²) < 4.78 is 39.7. The minimum Gasteiger partial charge on any atom is -0.466 e. The summed E-state index contributed by atoms with van der Waals surface area (Å²) in [5, 5.41) is 34.5. The maximum absolute atomic E-state index is 14.6. The maximum atomic E-state index is 14.6.